The van der Waals surface area contributed by atoms with Crippen LogP contribution < -0.4 is 0 Å². The van der Waals surface area contributed by atoms with Crippen LogP contribution in [0.5, 0.6) is 0 Å². The Bertz CT molecular complexity index is 337. The van der Waals surface area contributed by atoms with Crippen LogP contribution in [0.1, 0.15) is 20.3 Å². The molecule has 1 aliphatic heterocycles. The highest BCUT2D eigenvalue weighted by atomic mass is 32.2. The summed E-state index contributed by atoms with van der Waals surface area (Å²) in [6.45, 7) is 4.55. The summed E-state index contributed by atoms with van der Waals surface area (Å²) in [6.07, 6.45) is 0.779. The van der Waals surface area contributed by atoms with Crippen molar-refractivity contribution < 1.29 is 13.2 Å². The SMILES string of the molecule is CC(C)C(=O)CN1CCCN(C)S1(=O)=O. The lowest BCUT2D eigenvalue weighted by molar-refractivity contribution is -0.122. The van der Waals surface area contributed by atoms with Crippen molar-refractivity contribution in [3.05, 3.63) is 0 Å². The molecule has 0 aromatic rings. The number of carbonyl (C=O) groups excluding carboxylic acids is 1. The van der Waals surface area contributed by atoms with Crippen LogP contribution >= 0.6 is 0 Å². The van der Waals surface area contributed by atoms with Crippen molar-refractivity contribution in [2.75, 3.05) is 26.7 Å². The van der Waals surface area contributed by atoms with E-state index in [1.807, 2.05) is 0 Å². The Morgan fingerprint density at radius 2 is 1.93 bits per heavy atom. The Morgan fingerprint density at radius 1 is 1.33 bits per heavy atom. The number of ketones is 1. The van der Waals surface area contributed by atoms with E-state index < -0.39 is 10.2 Å². The summed E-state index contributed by atoms with van der Waals surface area (Å²) in [5.74, 6) is -0.152. The molecule has 0 N–H and O–H groups in total. The van der Waals surface area contributed by atoms with Crippen LogP contribution in [-0.4, -0.2) is 49.5 Å². The van der Waals surface area contributed by atoms with E-state index in [-0.39, 0.29) is 18.2 Å². The lowest BCUT2D eigenvalue weighted by Crippen LogP contribution is -2.49. The van der Waals surface area contributed by atoms with Gasteiger partial charge in [0, 0.05) is 26.1 Å². The average molecular weight is 234 g/mol. The van der Waals surface area contributed by atoms with Crippen molar-refractivity contribution >= 4 is 16.0 Å². The molecule has 0 unspecified atom stereocenters. The van der Waals surface area contributed by atoms with Gasteiger partial charge in [-0.3, -0.25) is 4.79 Å². The zero-order valence-electron chi connectivity index (χ0n) is 9.43. The third-order valence-electron chi connectivity index (χ3n) is 2.58. The van der Waals surface area contributed by atoms with Gasteiger partial charge in [-0.15, -0.1) is 0 Å². The van der Waals surface area contributed by atoms with E-state index in [2.05, 4.69) is 0 Å². The summed E-state index contributed by atoms with van der Waals surface area (Å²) in [5.41, 5.74) is 0. The first-order chi connectivity index (χ1) is 6.85. The molecule has 0 radical (unpaired) electrons. The van der Waals surface area contributed by atoms with Gasteiger partial charge in [-0.2, -0.15) is 17.0 Å². The second kappa shape index (κ2) is 4.59. The predicted octanol–water partition coefficient (Wildman–Crippen LogP) is 0.0938. The molecule has 0 bridgehead atoms. The summed E-state index contributed by atoms with van der Waals surface area (Å²) in [6, 6.07) is 0. The minimum atomic E-state index is -3.38. The number of hydrogen-bond donors (Lipinski definition) is 0. The van der Waals surface area contributed by atoms with E-state index in [1.165, 1.54) is 8.61 Å². The zero-order chi connectivity index (χ0) is 11.6. The molecule has 1 aliphatic rings. The minimum Gasteiger partial charge on any atom is -0.298 e. The molecule has 0 aromatic heterocycles. The first kappa shape index (κ1) is 12.6. The van der Waals surface area contributed by atoms with Crippen molar-refractivity contribution in [2.45, 2.75) is 20.3 Å². The first-order valence-corrected chi connectivity index (χ1v) is 6.49. The summed E-state index contributed by atoms with van der Waals surface area (Å²) < 4.78 is 26.1. The third-order valence-corrected chi connectivity index (χ3v) is 4.51. The summed E-state index contributed by atoms with van der Waals surface area (Å²) in [7, 11) is -1.84. The molecule has 5 nitrogen and oxygen atoms in total. The van der Waals surface area contributed by atoms with Gasteiger partial charge >= 0.3 is 0 Å². The monoisotopic (exact) mass is 234 g/mol. The fourth-order valence-corrected chi connectivity index (χ4v) is 2.82. The van der Waals surface area contributed by atoms with Gasteiger partial charge in [0.2, 0.25) is 0 Å². The van der Waals surface area contributed by atoms with Crippen LogP contribution in [-0.2, 0) is 15.0 Å². The van der Waals surface area contributed by atoms with E-state index in [1.54, 1.807) is 20.9 Å². The van der Waals surface area contributed by atoms with Gasteiger partial charge in [0.1, 0.15) is 0 Å². The quantitative estimate of drug-likeness (QED) is 0.695. The Kier molecular flexibility index (Phi) is 3.86. The third kappa shape index (κ3) is 2.76. The van der Waals surface area contributed by atoms with Gasteiger partial charge in [0.15, 0.2) is 5.78 Å². The molecule has 1 saturated heterocycles. The largest absolute Gasteiger partial charge is 0.298 e. The maximum atomic E-state index is 11.8. The zero-order valence-corrected chi connectivity index (χ0v) is 10.2. The molecule has 15 heavy (non-hydrogen) atoms. The summed E-state index contributed by atoms with van der Waals surface area (Å²) in [5, 5.41) is 0. The fraction of sp³-hybridized carbons (Fsp3) is 0.889. The van der Waals surface area contributed by atoms with Gasteiger partial charge in [0.25, 0.3) is 10.2 Å². The van der Waals surface area contributed by atoms with Crippen molar-refractivity contribution in [3.63, 3.8) is 0 Å². The highest BCUT2D eigenvalue weighted by Crippen LogP contribution is 2.14. The summed E-state index contributed by atoms with van der Waals surface area (Å²) >= 11 is 0. The Labute approximate surface area is 91.2 Å². The van der Waals surface area contributed by atoms with Crippen molar-refractivity contribution in [1.29, 1.82) is 0 Å². The van der Waals surface area contributed by atoms with E-state index in [0.717, 1.165) is 6.42 Å². The van der Waals surface area contributed by atoms with E-state index in [0.29, 0.717) is 13.1 Å². The Morgan fingerprint density at radius 3 is 2.47 bits per heavy atom. The molecular weight excluding hydrogens is 216 g/mol. The standard InChI is InChI=1S/C9H18N2O3S/c1-8(2)9(12)7-11-6-4-5-10(3)15(11,13)14/h8H,4-7H2,1-3H3. The van der Waals surface area contributed by atoms with Gasteiger partial charge in [0.05, 0.1) is 6.54 Å². The minimum absolute atomic E-state index is 0.00431. The van der Waals surface area contributed by atoms with Crippen LogP contribution in [0.2, 0.25) is 0 Å². The molecule has 88 valence electrons. The average Bonchev–Trinajstić information content (AvgIpc) is 2.13. The van der Waals surface area contributed by atoms with Crippen LogP contribution in [0.3, 0.4) is 0 Å². The molecule has 0 atom stereocenters. The van der Waals surface area contributed by atoms with Crippen LogP contribution in [0, 0.1) is 5.92 Å². The molecule has 1 fully saturated rings. The van der Waals surface area contributed by atoms with Crippen molar-refractivity contribution in [3.8, 4) is 0 Å². The van der Waals surface area contributed by atoms with E-state index >= 15 is 0 Å². The molecule has 6 heteroatoms. The molecule has 0 aromatic carbocycles. The number of Topliss-reactive ketones (excluding diaryl/α,β-unsaturated/α-hetero) is 1. The van der Waals surface area contributed by atoms with E-state index in [9.17, 15) is 13.2 Å². The van der Waals surface area contributed by atoms with Gasteiger partial charge in [-0.05, 0) is 6.42 Å². The molecule has 0 amide bonds. The highest BCUT2D eigenvalue weighted by Gasteiger charge is 2.32. The van der Waals surface area contributed by atoms with Gasteiger partial charge in [-0.25, -0.2) is 0 Å². The maximum Gasteiger partial charge on any atom is 0.282 e. The first-order valence-electron chi connectivity index (χ1n) is 5.10. The lowest BCUT2D eigenvalue weighted by atomic mass is 10.1. The summed E-state index contributed by atoms with van der Waals surface area (Å²) in [4.78, 5) is 11.5. The molecule has 0 saturated carbocycles. The lowest BCUT2D eigenvalue weighted by Gasteiger charge is -2.32. The normalized spacial score (nSPS) is 23.2. The Hall–Kier alpha value is -0.460. The van der Waals surface area contributed by atoms with Crippen molar-refractivity contribution in [1.82, 2.24) is 8.61 Å². The van der Waals surface area contributed by atoms with Gasteiger partial charge < -0.3 is 0 Å². The number of rotatable bonds is 3. The van der Waals surface area contributed by atoms with Crippen LogP contribution in [0.25, 0.3) is 0 Å². The molecule has 0 spiro atoms. The smallest absolute Gasteiger partial charge is 0.282 e. The van der Waals surface area contributed by atoms with E-state index in [4.69, 9.17) is 0 Å². The number of nitrogens with zero attached hydrogens (tertiary/aromatic N) is 2. The molecule has 1 rings (SSSR count). The van der Waals surface area contributed by atoms with Gasteiger partial charge in [-0.1, -0.05) is 13.8 Å². The highest BCUT2D eigenvalue weighted by molar-refractivity contribution is 7.86. The molecular formula is C9H18N2O3S. The van der Waals surface area contributed by atoms with Crippen LogP contribution in [0.4, 0.5) is 0 Å². The second-order valence-corrected chi connectivity index (χ2v) is 6.17. The molecule has 0 aliphatic carbocycles. The van der Waals surface area contributed by atoms with Crippen LogP contribution in [0.15, 0.2) is 0 Å². The Balaban J connectivity index is 2.73. The topological polar surface area (TPSA) is 57.7 Å². The predicted molar refractivity (Wildman–Crippen MR) is 57.6 cm³/mol. The second-order valence-electron chi connectivity index (χ2n) is 4.14. The fourth-order valence-electron chi connectivity index (χ4n) is 1.41. The maximum absolute atomic E-state index is 11.8. The number of hydrogen-bond acceptors (Lipinski definition) is 3. The molecule has 1 heterocycles. The van der Waals surface area contributed by atoms with Crippen molar-refractivity contribution in [2.24, 2.45) is 5.92 Å². The number of carbonyl (C=O) groups is 1.